The summed E-state index contributed by atoms with van der Waals surface area (Å²) in [5.41, 5.74) is 1.22. The van der Waals surface area contributed by atoms with E-state index in [4.69, 9.17) is 9.47 Å². The summed E-state index contributed by atoms with van der Waals surface area (Å²) in [6.45, 7) is 4.97. The van der Waals surface area contributed by atoms with Crippen LogP contribution < -0.4 is 9.47 Å². The molecule has 1 aromatic carbocycles. The number of hydrogen-bond donors (Lipinski definition) is 0. The molecule has 116 valence electrons. The van der Waals surface area contributed by atoms with Crippen LogP contribution in [0.5, 0.6) is 11.5 Å². The van der Waals surface area contributed by atoms with Crippen LogP contribution in [0.4, 0.5) is 0 Å². The van der Waals surface area contributed by atoms with Crippen LogP contribution in [-0.2, 0) is 0 Å². The molecule has 2 bridgehead atoms. The highest BCUT2D eigenvalue weighted by molar-refractivity contribution is 5.42. The minimum atomic E-state index is 0.338. The fourth-order valence-electron chi connectivity index (χ4n) is 3.67. The van der Waals surface area contributed by atoms with E-state index in [0.29, 0.717) is 18.2 Å². The van der Waals surface area contributed by atoms with Crippen molar-refractivity contribution in [2.45, 2.75) is 64.1 Å². The Labute approximate surface area is 128 Å². The SMILES string of the molecule is CCCOc1cc(C)ccc1OC1C[C@H]2CC[C@@H](C1)N2C. The van der Waals surface area contributed by atoms with Crippen molar-refractivity contribution in [3.05, 3.63) is 23.8 Å². The molecule has 0 aliphatic carbocycles. The Balaban J connectivity index is 1.70. The molecule has 0 amide bonds. The number of nitrogens with zero attached hydrogens (tertiary/aromatic N) is 1. The van der Waals surface area contributed by atoms with Gasteiger partial charge in [-0.2, -0.15) is 0 Å². The molecule has 0 aromatic heterocycles. The summed E-state index contributed by atoms with van der Waals surface area (Å²) < 4.78 is 12.2. The van der Waals surface area contributed by atoms with E-state index in [9.17, 15) is 0 Å². The second kappa shape index (κ2) is 6.27. The van der Waals surface area contributed by atoms with Gasteiger partial charge in [0, 0.05) is 12.1 Å². The molecule has 0 spiro atoms. The van der Waals surface area contributed by atoms with E-state index in [2.05, 4.69) is 44.0 Å². The normalized spacial score (nSPS) is 28.6. The van der Waals surface area contributed by atoms with Gasteiger partial charge in [-0.3, -0.25) is 0 Å². The van der Waals surface area contributed by atoms with Gasteiger partial charge in [0.1, 0.15) is 6.10 Å². The molecule has 1 aromatic rings. The Hall–Kier alpha value is -1.22. The van der Waals surface area contributed by atoms with Crippen LogP contribution in [-0.4, -0.2) is 36.7 Å². The Kier molecular flexibility index (Phi) is 4.39. The van der Waals surface area contributed by atoms with Crippen molar-refractivity contribution in [2.75, 3.05) is 13.7 Å². The molecule has 2 heterocycles. The number of aryl methyl sites for hydroxylation is 1. The Morgan fingerprint density at radius 1 is 1.14 bits per heavy atom. The minimum absolute atomic E-state index is 0.338. The fraction of sp³-hybridized carbons (Fsp3) is 0.667. The molecular formula is C18H27NO2. The smallest absolute Gasteiger partial charge is 0.161 e. The lowest BCUT2D eigenvalue weighted by molar-refractivity contribution is 0.0638. The van der Waals surface area contributed by atoms with Crippen molar-refractivity contribution >= 4 is 0 Å². The number of benzene rings is 1. The van der Waals surface area contributed by atoms with Gasteiger partial charge in [-0.25, -0.2) is 0 Å². The second-order valence-electron chi connectivity index (χ2n) is 6.56. The predicted molar refractivity (Wildman–Crippen MR) is 85.2 cm³/mol. The minimum Gasteiger partial charge on any atom is -0.490 e. The zero-order chi connectivity index (χ0) is 14.8. The maximum atomic E-state index is 6.32. The lowest BCUT2D eigenvalue weighted by atomic mass is 10.0. The average Bonchev–Trinajstić information content (AvgIpc) is 2.70. The average molecular weight is 289 g/mol. The van der Waals surface area contributed by atoms with E-state index in [1.165, 1.54) is 18.4 Å². The molecule has 2 saturated heterocycles. The highest BCUT2D eigenvalue weighted by Crippen LogP contribution is 2.38. The number of piperidine rings is 1. The Bertz CT molecular complexity index is 474. The molecule has 3 rings (SSSR count). The van der Waals surface area contributed by atoms with E-state index in [1.54, 1.807) is 0 Å². The lowest BCUT2D eigenvalue weighted by Crippen LogP contribution is -2.43. The first-order chi connectivity index (χ1) is 10.2. The summed E-state index contributed by atoms with van der Waals surface area (Å²) in [5, 5.41) is 0. The van der Waals surface area contributed by atoms with Crippen LogP contribution >= 0.6 is 0 Å². The summed E-state index contributed by atoms with van der Waals surface area (Å²) in [6.07, 6.45) is 6.31. The molecule has 0 saturated carbocycles. The van der Waals surface area contributed by atoms with Crippen LogP contribution in [0.2, 0.25) is 0 Å². The van der Waals surface area contributed by atoms with Crippen LogP contribution in [0.25, 0.3) is 0 Å². The van der Waals surface area contributed by atoms with Crippen LogP contribution in [0, 0.1) is 6.92 Å². The maximum absolute atomic E-state index is 6.32. The fourth-order valence-corrected chi connectivity index (χ4v) is 3.67. The number of fused-ring (bicyclic) bond motifs is 2. The summed E-state index contributed by atoms with van der Waals surface area (Å²) in [7, 11) is 2.26. The van der Waals surface area contributed by atoms with Gasteiger partial charge in [-0.15, -0.1) is 0 Å². The highest BCUT2D eigenvalue weighted by Gasteiger charge is 2.39. The third-order valence-corrected chi connectivity index (χ3v) is 4.91. The molecule has 21 heavy (non-hydrogen) atoms. The van der Waals surface area contributed by atoms with Gasteiger partial charge in [-0.05, 0) is 63.8 Å². The van der Waals surface area contributed by atoms with Crippen molar-refractivity contribution in [2.24, 2.45) is 0 Å². The van der Waals surface area contributed by atoms with Crippen molar-refractivity contribution in [3.63, 3.8) is 0 Å². The molecule has 2 aliphatic rings. The Morgan fingerprint density at radius 2 is 1.86 bits per heavy atom. The number of hydrogen-bond acceptors (Lipinski definition) is 3. The molecule has 3 atom stereocenters. The van der Waals surface area contributed by atoms with Crippen LogP contribution in [0.1, 0.15) is 44.6 Å². The van der Waals surface area contributed by atoms with Crippen molar-refractivity contribution < 1.29 is 9.47 Å². The van der Waals surface area contributed by atoms with E-state index in [1.807, 2.05) is 0 Å². The first-order valence-corrected chi connectivity index (χ1v) is 8.29. The van der Waals surface area contributed by atoms with E-state index < -0.39 is 0 Å². The summed E-state index contributed by atoms with van der Waals surface area (Å²) in [5.74, 6) is 1.83. The molecule has 2 fully saturated rings. The van der Waals surface area contributed by atoms with Gasteiger partial charge in [0.15, 0.2) is 11.5 Å². The quantitative estimate of drug-likeness (QED) is 0.823. The number of ether oxygens (including phenoxy) is 2. The highest BCUT2D eigenvalue weighted by atomic mass is 16.5. The molecule has 1 unspecified atom stereocenters. The van der Waals surface area contributed by atoms with Gasteiger partial charge < -0.3 is 14.4 Å². The molecule has 2 aliphatic heterocycles. The van der Waals surface area contributed by atoms with Crippen LogP contribution in [0.3, 0.4) is 0 Å². The largest absolute Gasteiger partial charge is 0.490 e. The predicted octanol–water partition coefficient (Wildman–Crippen LogP) is 3.79. The van der Waals surface area contributed by atoms with Crippen LogP contribution in [0.15, 0.2) is 18.2 Å². The summed E-state index contributed by atoms with van der Waals surface area (Å²) in [4.78, 5) is 2.55. The third kappa shape index (κ3) is 3.18. The van der Waals surface area contributed by atoms with Gasteiger partial charge in [0.25, 0.3) is 0 Å². The summed E-state index contributed by atoms with van der Waals surface area (Å²) >= 11 is 0. The van der Waals surface area contributed by atoms with E-state index in [0.717, 1.165) is 37.4 Å². The van der Waals surface area contributed by atoms with Crippen molar-refractivity contribution in [3.8, 4) is 11.5 Å². The third-order valence-electron chi connectivity index (χ3n) is 4.91. The molecule has 3 nitrogen and oxygen atoms in total. The zero-order valence-electron chi connectivity index (χ0n) is 13.5. The topological polar surface area (TPSA) is 21.7 Å². The van der Waals surface area contributed by atoms with Crippen molar-refractivity contribution in [1.29, 1.82) is 0 Å². The van der Waals surface area contributed by atoms with Gasteiger partial charge >= 0.3 is 0 Å². The summed E-state index contributed by atoms with van der Waals surface area (Å²) in [6, 6.07) is 7.69. The first-order valence-electron chi connectivity index (χ1n) is 8.29. The molecule has 0 N–H and O–H groups in total. The van der Waals surface area contributed by atoms with E-state index >= 15 is 0 Å². The van der Waals surface area contributed by atoms with Gasteiger partial charge in [0.2, 0.25) is 0 Å². The molecule has 3 heteroatoms. The van der Waals surface area contributed by atoms with Crippen molar-refractivity contribution in [1.82, 2.24) is 4.90 Å². The maximum Gasteiger partial charge on any atom is 0.161 e. The van der Waals surface area contributed by atoms with Gasteiger partial charge in [0.05, 0.1) is 6.61 Å². The molecule has 0 radical (unpaired) electrons. The monoisotopic (exact) mass is 289 g/mol. The standard InChI is InChI=1S/C18H27NO2/c1-4-9-20-18-10-13(2)5-8-17(18)21-16-11-14-6-7-15(12-16)19(14)3/h5,8,10,14-16H,4,6-7,9,11-12H2,1-3H3/t14-,15+,16?. The molecular weight excluding hydrogens is 262 g/mol. The lowest BCUT2D eigenvalue weighted by Gasteiger charge is -2.36. The van der Waals surface area contributed by atoms with Gasteiger partial charge in [-0.1, -0.05) is 13.0 Å². The second-order valence-corrected chi connectivity index (χ2v) is 6.56. The zero-order valence-corrected chi connectivity index (χ0v) is 13.5. The Morgan fingerprint density at radius 3 is 2.52 bits per heavy atom. The number of rotatable bonds is 5. The first kappa shape index (κ1) is 14.7. The van der Waals surface area contributed by atoms with E-state index in [-0.39, 0.29) is 0 Å².